The Morgan fingerprint density at radius 2 is 2.10 bits per heavy atom. The van der Waals surface area contributed by atoms with Crippen molar-refractivity contribution in [3.63, 3.8) is 0 Å². The molecule has 0 N–H and O–H groups in total. The van der Waals surface area contributed by atoms with E-state index in [1.54, 1.807) is 6.20 Å². The van der Waals surface area contributed by atoms with E-state index in [0.717, 1.165) is 18.5 Å². The third-order valence-corrected chi connectivity index (χ3v) is 4.40. The molecule has 1 aromatic rings. The van der Waals surface area contributed by atoms with Crippen molar-refractivity contribution in [3.8, 4) is 0 Å². The molecule has 0 saturated heterocycles. The van der Waals surface area contributed by atoms with Gasteiger partial charge in [0.05, 0.1) is 0 Å². The predicted molar refractivity (Wildman–Crippen MR) is 80.5 cm³/mol. The van der Waals surface area contributed by atoms with Crippen LogP contribution in [0.1, 0.15) is 32.8 Å². The maximum Gasteiger partial charge on any atom is 0.164 e. The quantitative estimate of drug-likeness (QED) is 0.705. The van der Waals surface area contributed by atoms with Gasteiger partial charge in [0.1, 0.15) is 0 Å². The highest BCUT2D eigenvalue weighted by Crippen LogP contribution is 2.44. The van der Waals surface area contributed by atoms with Crippen molar-refractivity contribution in [2.45, 2.75) is 27.2 Å². The minimum absolute atomic E-state index is 0.0653. The number of pyridine rings is 1. The average Bonchev–Trinajstić information content (AvgIpc) is 2.90. The first-order valence-corrected chi connectivity index (χ1v) is 7.31. The summed E-state index contributed by atoms with van der Waals surface area (Å²) in [6.07, 6.45) is 4.84. The van der Waals surface area contributed by atoms with E-state index in [1.165, 1.54) is 17.4 Å². The molecule has 0 fully saturated rings. The minimum atomic E-state index is -0.452. The molecular weight excluding hydrogens is 275 g/mol. The van der Waals surface area contributed by atoms with E-state index in [-0.39, 0.29) is 10.6 Å². The van der Waals surface area contributed by atoms with Crippen molar-refractivity contribution in [3.05, 3.63) is 34.9 Å². The maximum absolute atomic E-state index is 13.5. The molecule has 2 heterocycles. The molecular formula is C16H18ClFN2. The van der Waals surface area contributed by atoms with Crippen LogP contribution in [0.2, 0.25) is 5.15 Å². The molecule has 20 heavy (non-hydrogen) atoms. The van der Waals surface area contributed by atoms with Gasteiger partial charge in [-0.25, -0.2) is 9.37 Å². The van der Waals surface area contributed by atoms with Crippen molar-refractivity contribution in [2.75, 3.05) is 6.54 Å². The van der Waals surface area contributed by atoms with Crippen molar-refractivity contribution in [1.29, 1.82) is 0 Å². The van der Waals surface area contributed by atoms with Gasteiger partial charge in [-0.3, -0.25) is 4.99 Å². The molecule has 0 spiro atoms. The average molecular weight is 293 g/mol. The fourth-order valence-electron chi connectivity index (χ4n) is 3.18. The van der Waals surface area contributed by atoms with Gasteiger partial charge >= 0.3 is 0 Å². The highest BCUT2D eigenvalue weighted by molar-refractivity contribution is 6.29. The van der Waals surface area contributed by atoms with Gasteiger partial charge < -0.3 is 0 Å². The van der Waals surface area contributed by atoms with Gasteiger partial charge in [-0.1, -0.05) is 38.4 Å². The van der Waals surface area contributed by atoms with Gasteiger partial charge in [-0.15, -0.1) is 0 Å². The largest absolute Gasteiger partial charge is 0.293 e. The molecule has 106 valence electrons. The third-order valence-electron chi connectivity index (χ3n) is 4.12. The zero-order valence-corrected chi connectivity index (χ0v) is 12.7. The lowest BCUT2D eigenvalue weighted by Gasteiger charge is -2.23. The number of allylic oxidation sites excluding steroid dienone is 2. The number of hydrogen-bond donors (Lipinski definition) is 0. The molecule has 0 unspecified atom stereocenters. The smallest absolute Gasteiger partial charge is 0.164 e. The van der Waals surface area contributed by atoms with Crippen molar-refractivity contribution < 1.29 is 4.39 Å². The van der Waals surface area contributed by atoms with Gasteiger partial charge in [-0.05, 0) is 29.5 Å². The Balaban J connectivity index is 1.91. The number of halogens is 2. The van der Waals surface area contributed by atoms with Crippen LogP contribution in [0.4, 0.5) is 4.39 Å². The zero-order valence-electron chi connectivity index (χ0n) is 12.0. The first-order valence-electron chi connectivity index (χ1n) is 6.93. The molecule has 2 aliphatic rings. The number of fused-ring (bicyclic) bond motifs is 1. The fraction of sp³-hybridized carbons (Fsp3) is 0.500. The van der Waals surface area contributed by atoms with Crippen molar-refractivity contribution in [2.24, 2.45) is 22.2 Å². The summed E-state index contributed by atoms with van der Waals surface area (Å²) < 4.78 is 13.5. The predicted octanol–water partition coefficient (Wildman–Crippen LogP) is 4.39. The van der Waals surface area contributed by atoms with Crippen LogP contribution in [0.15, 0.2) is 23.3 Å². The van der Waals surface area contributed by atoms with Crippen LogP contribution in [0, 0.1) is 23.1 Å². The first kappa shape index (κ1) is 13.7. The number of hydrogen-bond acceptors (Lipinski definition) is 2. The van der Waals surface area contributed by atoms with Crippen LogP contribution < -0.4 is 0 Å². The molecule has 0 saturated carbocycles. The Kier molecular flexibility index (Phi) is 3.20. The van der Waals surface area contributed by atoms with Crippen LogP contribution in [-0.2, 0) is 0 Å². The molecule has 4 heteroatoms. The van der Waals surface area contributed by atoms with E-state index < -0.39 is 5.82 Å². The highest BCUT2D eigenvalue weighted by Gasteiger charge is 2.39. The van der Waals surface area contributed by atoms with Crippen LogP contribution >= 0.6 is 11.6 Å². The van der Waals surface area contributed by atoms with Gasteiger partial charge in [0.15, 0.2) is 11.0 Å². The fourth-order valence-corrected chi connectivity index (χ4v) is 3.28. The lowest BCUT2D eigenvalue weighted by atomic mass is 9.80. The molecule has 0 radical (unpaired) electrons. The SMILES string of the molecule is CC(C)(C)C1=NC[C@@H]2CC(c3cnc(Cl)c(F)c3)=C[C@H]12. The topological polar surface area (TPSA) is 25.2 Å². The second kappa shape index (κ2) is 4.66. The highest BCUT2D eigenvalue weighted by atomic mass is 35.5. The number of nitrogens with zero attached hydrogens (tertiary/aromatic N) is 2. The Morgan fingerprint density at radius 1 is 1.35 bits per heavy atom. The van der Waals surface area contributed by atoms with Gasteiger partial charge in [-0.2, -0.15) is 0 Å². The van der Waals surface area contributed by atoms with Gasteiger partial charge in [0.25, 0.3) is 0 Å². The van der Waals surface area contributed by atoms with E-state index in [0.29, 0.717) is 11.8 Å². The summed E-state index contributed by atoms with van der Waals surface area (Å²) in [5.41, 5.74) is 3.36. The number of aliphatic imine (C=N–C) groups is 1. The van der Waals surface area contributed by atoms with Gasteiger partial charge in [0, 0.05) is 29.8 Å². The molecule has 2 nitrogen and oxygen atoms in total. The van der Waals surface area contributed by atoms with E-state index in [9.17, 15) is 4.39 Å². The first-order chi connectivity index (χ1) is 9.36. The normalized spacial score (nSPS) is 25.4. The summed E-state index contributed by atoms with van der Waals surface area (Å²) in [7, 11) is 0. The lowest BCUT2D eigenvalue weighted by molar-refractivity contribution is 0.518. The van der Waals surface area contributed by atoms with E-state index in [1.807, 2.05) is 0 Å². The summed E-state index contributed by atoms with van der Waals surface area (Å²) in [4.78, 5) is 8.62. The molecule has 0 bridgehead atoms. The Labute approximate surface area is 123 Å². The third kappa shape index (κ3) is 2.28. The van der Waals surface area contributed by atoms with E-state index in [2.05, 4.69) is 31.8 Å². The van der Waals surface area contributed by atoms with Crippen molar-refractivity contribution in [1.82, 2.24) is 4.98 Å². The van der Waals surface area contributed by atoms with Crippen LogP contribution in [-0.4, -0.2) is 17.2 Å². The summed E-state index contributed by atoms with van der Waals surface area (Å²) in [6, 6.07) is 1.48. The Morgan fingerprint density at radius 3 is 2.75 bits per heavy atom. The van der Waals surface area contributed by atoms with Crippen molar-refractivity contribution >= 4 is 22.9 Å². The number of aromatic nitrogens is 1. The molecule has 1 aliphatic carbocycles. The maximum atomic E-state index is 13.5. The monoisotopic (exact) mass is 292 g/mol. The second-order valence-electron chi connectivity index (χ2n) is 6.65. The van der Waals surface area contributed by atoms with Crippen LogP contribution in [0.5, 0.6) is 0 Å². The lowest BCUT2D eigenvalue weighted by Crippen LogP contribution is -2.26. The van der Waals surface area contributed by atoms with E-state index in [4.69, 9.17) is 16.6 Å². The number of rotatable bonds is 1. The molecule has 1 aromatic heterocycles. The molecule has 0 aromatic carbocycles. The minimum Gasteiger partial charge on any atom is -0.293 e. The standard InChI is InChI=1S/C16H18ClFN2/c1-16(2,3)14-12-5-9(4-11(12)8-19-14)10-6-13(18)15(17)20-7-10/h5-7,11-12H,4,8H2,1-3H3/t11-,12-/m0/s1. The Bertz CT molecular complexity index is 613. The Hall–Kier alpha value is -1.22. The molecule has 3 rings (SSSR count). The van der Waals surface area contributed by atoms with Crippen LogP contribution in [0.25, 0.3) is 5.57 Å². The summed E-state index contributed by atoms with van der Waals surface area (Å²) in [5, 5.41) is -0.0653. The van der Waals surface area contributed by atoms with Crippen LogP contribution in [0.3, 0.4) is 0 Å². The molecule has 0 amide bonds. The molecule has 2 atom stereocenters. The van der Waals surface area contributed by atoms with E-state index >= 15 is 0 Å². The second-order valence-corrected chi connectivity index (χ2v) is 7.01. The van der Waals surface area contributed by atoms with Gasteiger partial charge in [0.2, 0.25) is 0 Å². The summed E-state index contributed by atoms with van der Waals surface area (Å²) >= 11 is 5.64. The molecule has 1 aliphatic heterocycles. The summed E-state index contributed by atoms with van der Waals surface area (Å²) in [5.74, 6) is 0.466. The summed E-state index contributed by atoms with van der Waals surface area (Å²) in [6.45, 7) is 7.47. The zero-order chi connectivity index (χ0) is 14.5.